The standard InChI is InChI=1S/C9H8F4N2O2/c10-8(11)9(12,13)4-17-6-2-1-5(3-15-6)7(14)16/h1-3,8H,4H2,(H2,14,16). The van der Waals surface area contributed by atoms with Crippen LogP contribution in [0.25, 0.3) is 0 Å². The smallest absolute Gasteiger partial charge is 0.340 e. The molecule has 0 unspecified atom stereocenters. The van der Waals surface area contributed by atoms with Crippen molar-refractivity contribution in [1.82, 2.24) is 4.98 Å². The molecule has 94 valence electrons. The van der Waals surface area contributed by atoms with Gasteiger partial charge in [-0.1, -0.05) is 0 Å². The number of alkyl halides is 4. The lowest BCUT2D eigenvalue weighted by molar-refractivity contribution is -0.148. The van der Waals surface area contributed by atoms with Crippen LogP contribution in [0.4, 0.5) is 17.6 Å². The summed E-state index contributed by atoms with van der Waals surface area (Å²) in [5.41, 5.74) is 4.96. The number of ether oxygens (including phenoxy) is 1. The molecule has 0 aromatic carbocycles. The first-order chi connectivity index (χ1) is 7.83. The normalized spacial score (nSPS) is 11.6. The Morgan fingerprint density at radius 2 is 2.12 bits per heavy atom. The number of carbonyl (C=O) groups is 1. The van der Waals surface area contributed by atoms with E-state index >= 15 is 0 Å². The van der Waals surface area contributed by atoms with Gasteiger partial charge in [-0.2, -0.15) is 8.78 Å². The number of hydrogen-bond acceptors (Lipinski definition) is 3. The predicted octanol–water partition coefficient (Wildman–Crippen LogP) is 1.46. The third-order valence-electron chi connectivity index (χ3n) is 1.75. The monoisotopic (exact) mass is 252 g/mol. The van der Waals surface area contributed by atoms with Gasteiger partial charge in [0.05, 0.1) is 5.56 Å². The first-order valence-electron chi connectivity index (χ1n) is 4.37. The number of amides is 1. The van der Waals surface area contributed by atoms with Gasteiger partial charge in [0.25, 0.3) is 0 Å². The summed E-state index contributed by atoms with van der Waals surface area (Å²) < 4.78 is 52.8. The minimum atomic E-state index is -4.25. The van der Waals surface area contributed by atoms with Crippen LogP contribution in [0.15, 0.2) is 18.3 Å². The molecule has 0 aliphatic rings. The van der Waals surface area contributed by atoms with E-state index in [4.69, 9.17) is 5.73 Å². The second-order valence-corrected chi connectivity index (χ2v) is 3.10. The van der Waals surface area contributed by atoms with Crippen LogP contribution in [0.2, 0.25) is 0 Å². The van der Waals surface area contributed by atoms with Gasteiger partial charge in [-0.25, -0.2) is 13.8 Å². The number of halogens is 4. The lowest BCUT2D eigenvalue weighted by Crippen LogP contribution is -2.33. The molecule has 0 atom stereocenters. The highest BCUT2D eigenvalue weighted by atomic mass is 19.3. The highest BCUT2D eigenvalue weighted by Crippen LogP contribution is 2.23. The molecule has 0 fully saturated rings. The van der Waals surface area contributed by atoms with Gasteiger partial charge >= 0.3 is 12.3 Å². The van der Waals surface area contributed by atoms with Crippen molar-refractivity contribution in [3.05, 3.63) is 23.9 Å². The number of aromatic nitrogens is 1. The first-order valence-corrected chi connectivity index (χ1v) is 4.37. The lowest BCUT2D eigenvalue weighted by atomic mass is 10.3. The van der Waals surface area contributed by atoms with Crippen LogP contribution in [-0.4, -0.2) is 29.8 Å². The molecule has 0 aliphatic carbocycles. The second-order valence-electron chi connectivity index (χ2n) is 3.10. The van der Waals surface area contributed by atoms with E-state index in [-0.39, 0.29) is 11.4 Å². The average Bonchev–Trinajstić information content (AvgIpc) is 2.27. The molecule has 17 heavy (non-hydrogen) atoms. The second kappa shape index (κ2) is 4.98. The topological polar surface area (TPSA) is 65.2 Å². The van der Waals surface area contributed by atoms with Gasteiger partial charge in [-0.3, -0.25) is 4.79 Å². The van der Waals surface area contributed by atoms with Gasteiger partial charge in [-0.05, 0) is 6.07 Å². The largest absolute Gasteiger partial charge is 0.471 e. The maximum atomic E-state index is 12.5. The van der Waals surface area contributed by atoms with Crippen LogP contribution in [0.1, 0.15) is 10.4 Å². The Hall–Kier alpha value is -1.86. The molecule has 4 nitrogen and oxygen atoms in total. The van der Waals surface area contributed by atoms with Gasteiger partial charge in [-0.15, -0.1) is 0 Å². The molecule has 0 radical (unpaired) electrons. The number of rotatable bonds is 5. The fourth-order valence-corrected chi connectivity index (χ4v) is 0.845. The molecule has 1 amide bonds. The van der Waals surface area contributed by atoms with Gasteiger partial charge in [0.15, 0.2) is 6.61 Å². The van der Waals surface area contributed by atoms with Crippen LogP contribution in [-0.2, 0) is 0 Å². The van der Waals surface area contributed by atoms with Crippen molar-refractivity contribution in [2.45, 2.75) is 12.3 Å². The molecule has 0 aliphatic heterocycles. The lowest BCUT2D eigenvalue weighted by Gasteiger charge is -2.15. The van der Waals surface area contributed by atoms with E-state index in [2.05, 4.69) is 9.72 Å². The zero-order valence-corrected chi connectivity index (χ0v) is 8.37. The van der Waals surface area contributed by atoms with Gasteiger partial charge in [0, 0.05) is 12.3 Å². The molecule has 0 saturated carbocycles. The molecule has 1 rings (SSSR count). The summed E-state index contributed by atoms with van der Waals surface area (Å²) in [6.07, 6.45) is -2.81. The Balaban J connectivity index is 2.62. The molecule has 2 N–H and O–H groups in total. The number of nitrogens with zero attached hydrogens (tertiary/aromatic N) is 1. The minimum absolute atomic E-state index is 0.0537. The van der Waals surface area contributed by atoms with Crippen molar-refractivity contribution in [2.75, 3.05) is 6.61 Å². The number of carbonyl (C=O) groups excluding carboxylic acids is 1. The first kappa shape index (κ1) is 13.2. The van der Waals surface area contributed by atoms with E-state index in [1.54, 1.807) is 0 Å². The summed E-state index contributed by atoms with van der Waals surface area (Å²) >= 11 is 0. The summed E-state index contributed by atoms with van der Waals surface area (Å²) in [5, 5.41) is 0. The maximum absolute atomic E-state index is 12.5. The molecule has 1 heterocycles. The predicted molar refractivity (Wildman–Crippen MR) is 49.2 cm³/mol. The van der Waals surface area contributed by atoms with E-state index in [0.717, 1.165) is 12.3 Å². The van der Waals surface area contributed by atoms with E-state index in [9.17, 15) is 22.4 Å². The molecule has 0 saturated heterocycles. The average molecular weight is 252 g/mol. The molecular formula is C9H8F4N2O2. The molecule has 1 aromatic rings. The van der Waals surface area contributed by atoms with Crippen molar-refractivity contribution >= 4 is 5.91 Å². The Labute approximate surface area is 93.4 Å². The summed E-state index contributed by atoms with van der Waals surface area (Å²) in [7, 11) is 0. The maximum Gasteiger partial charge on any atom is 0.340 e. The SMILES string of the molecule is NC(=O)c1ccc(OCC(F)(F)C(F)F)nc1. The van der Waals surface area contributed by atoms with Crippen LogP contribution >= 0.6 is 0 Å². The van der Waals surface area contributed by atoms with Crippen molar-refractivity contribution in [1.29, 1.82) is 0 Å². The van der Waals surface area contributed by atoms with Crippen molar-refractivity contribution in [3.8, 4) is 5.88 Å². The Kier molecular flexibility index (Phi) is 3.87. The quantitative estimate of drug-likeness (QED) is 0.807. The van der Waals surface area contributed by atoms with E-state index in [0.29, 0.717) is 0 Å². The number of pyridine rings is 1. The fraction of sp³-hybridized carbons (Fsp3) is 0.333. The molecule has 0 bridgehead atoms. The summed E-state index contributed by atoms with van der Waals surface area (Å²) in [4.78, 5) is 14.1. The minimum Gasteiger partial charge on any atom is -0.471 e. The summed E-state index contributed by atoms with van der Waals surface area (Å²) in [5.74, 6) is -5.29. The van der Waals surface area contributed by atoms with Crippen molar-refractivity contribution in [3.63, 3.8) is 0 Å². The van der Waals surface area contributed by atoms with E-state index in [1.165, 1.54) is 6.07 Å². The van der Waals surface area contributed by atoms with Crippen molar-refractivity contribution in [2.24, 2.45) is 5.73 Å². The summed E-state index contributed by atoms with van der Waals surface area (Å²) in [6, 6.07) is 2.27. The van der Waals surface area contributed by atoms with Gasteiger partial charge in [0.1, 0.15) is 0 Å². The zero-order chi connectivity index (χ0) is 13.1. The molecule has 1 aromatic heterocycles. The Morgan fingerprint density at radius 3 is 2.53 bits per heavy atom. The van der Waals surface area contributed by atoms with Gasteiger partial charge in [0.2, 0.25) is 11.8 Å². The van der Waals surface area contributed by atoms with E-state index in [1.807, 2.05) is 0 Å². The van der Waals surface area contributed by atoms with Crippen LogP contribution in [0.5, 0.6) is 5.88 Å². The van der Waals surface area contributed by atoms with Gasteiger partial charge < -0.3 is 10.5 Å². The Morgan fingerprint density at radius 1 is 1.47 bits per heavy atom. The van der Waals surface area contributed by atoms with Crippen LogP contribution in [0, 0.1) is 0 Å². The third-order valence-corrected chi connectivity index (χ3v) is 1.75. The van der Waals surface area contributed by atoms with Crippen LogP contribution in [0.3, 0.4) is 0 Å². The van der Waals surface area contributed by atoms with Crippen molar-refractivity contribution < 1.29 is 27.1 Å². The molecule has 8 heteroatoms. The fourth-order valence-electron chi connectivity index (χ4n) is 0.845. The molecule has 0 spiro atoms. The Bertz CT molecular complexity index is 394. The zero-order valence-electron chi connectivity index (χ0n) is 8.37. The number of nitrogens with two attached hydrogens (primary N) is 1. The summed E-state index contributed by atoms with van der Waals surface area (Å²) in [6.45, 7) is -1.49. The van der Waals surface area contributed by atoms with Crippen LogP contribution < -0.4 is 10.5 Å². The molecular weight excluding hydrogens is 244 g/mol. The third kappa shape index (κ3) is 3.58. The van der Waals surface area contributed by atoms with E-state index < -0.39 is 24.9 Å². The number of primary amides is 1. The highest BCUT2D eigenvalue weighted by molar-refractivity contribution is 5.92. The number of hydrogen-bond donors (Lipinski definition) is 1. The highest BCUT2D eigenvalue weighted by Gasteiger charge is 2.41.